The Morgan fingerprint density at radius 1 is 1.58 bits per heavy atom. The average Bonchev–Trinajstić information content (AvgIpc) is 1.83. The van der Waals surface area contributed by atoms with Gasteiger partial charge in [0.05, 0.1) is 12.6 Å². The Bertz CT molecular complexity index is 144. The lowest BCUT2D eigenvalue weighted by atomic mass is 10.4. The number of alkyl halides is 3. The van der Waals surface area contributed by atoms with Crippen LogP contribution in [0.3, 0.4) is 0 Å². The molecule has 0 aliphatic rings. The number of nitrogens with two attached hydrogens (primary N) is 1. The summed E-state index contributed by atoms with van der Waals surface area (Å²) in [4.78, 5) is 4.29. The number of halogens is 3. The van der Waals surface area contributed by atoms with E-state index in [1.807, 2.05) is 0 Å². The molecule has 0 radical (unpaired) electrons. The molecule has 1 unspecified atom stereocenters. The predicted octanol–water partition coefficient (Wildman–Crippen LogP) is 1.29. The summed E-state index contributed by atoms with van der Waals surface area (Å²) in [5.74, 6) is 0. The van der Waals surface area contributed by atoms with E-state index >= 15 is 0 Å². The van der Waals surface area contributed by atoms with Gasteiger partial charge in [-0.3, -0.25) is 0 Å². The van der Waals surface area contributed by atoms with Crippen molar-refractivity contribution in [1.82, 2.24) is 0 Å². The predicted molar refractivity (Wildman–Crippen MR) is 38.8 cm³/mol. The zero-order valence-corrected chi connectivity index (χ0v) is 6.64. The summed E-state index contributed by atoms with van der Waals surface area (Å²) in [6.45, 7) is 1.17. The lowest BCUT2D eigenvalue weighted by molar-refractivity contribution is -0.145. The van der Waals surface area contributed by atoms with E-state index in [-0.39, 0.29) is 6.04 Å². The van der Waals surface area contributed by atoms with Crippen LogP contribution in [0.4, 0.5) is 13.2 Å². The number of oxime groups is 1. The Labute approximate surface area is 68.4 Å². The van der Waals surface area contributed by atoms with Crippen LogP contribution in [0.1, 0.15) is 13.3 Å². The lowest BCUT2D eigenvalue weighted by Crippen LogP contribution is -2.16. The number of rotatable bonds is 4. The van der Waals surface area contributed by atoms with Crippen molar-refractivity contribution < 1.29 is 18.0 Å². The first-order chi connectivity index (χ1) is 5.42. The molecule has 2 N–H and O–H groups in total. The maximum absolute atomic E-state index is 11.5. The van der Waals surface area contributed by atoms with E-state index in [2.05, 4.69) is 9.99 Å². The highest BCUT2D eigenvalue weighted by molar-refractivity contribution is 5.62. The summed E-state index contributed by atoms with van der Waals surface area (Å²) >= 11 is 0. The van der Waals surface area contributed by atoms with Crippen molar-refractivity contribution in [2.45, 2.75) is 25.6 Å². The minimum atomic E-state index is -4.19. The molecule has 0 spiro atoms. The molecule has 0 saturated carbocycles. The molecule has 0 heterocycles. The van der Waals surface area contributed by atoms with Crippen LogP contribution in [0.15, 0.2) is 5.16 Å². The molecular formula is C6H11F3N2O. The third-order valence-corrected chi connectivity index (χ3v) is 0.847. The van der Waals surface area contributed by atoms with Crippen LogP contribution in [0.25, 0.3) is 0 Å². The van der Waals surface area contributed by atoms with Crippen LogP contribution in [0.2, 0.25) is 0 Å². The van der Waals surface area contributed by atoms with Crippen molar-refractivity contribution in [3.63, 3.8) is 0 Å². The molecule has 0 rings (SSSR count). The first kappa shape index (κ1) is 11.2. The van der Waals surface area contributed by atoms with Crippen molar-refractivity contribution in [1.29, 1.82) is 0 Å². The summed E-state index contributed by atoms with van der Waals surface area (Å²) in [7, 11) is 0. The summed E-state index contributed by atoms with van der Waals surface area (Å²) < 4.78 is 34.5. The molecule has 0 amide bonds. The Kier molecular flexibility index (Phi) is 4.65. The normalized spacial score (nSPS) is 15.1. The third-order valence-electron chi connectivity index (χ3n) is 0.847. The molecule has 12 heavy (non-hydrogen) atoms. The van der Waals surface area contributed by atoms with Gasteiger partial charge in [0.25, 0.3) is 0 Å². The van der Waals surface area contributed by atoms with Gasteiger partial charge >= 0.3 is 6.18 Å². The minimum absolute atomic E-state index is 0.309. The summed E-state index contributed by atoms with van der Waals surface area (Å²) in [5, 5.41) is 3.22. The standard InChI is InChI=1S/C6H11F3N2O/c1-5(10)4-11-12-3-2-6(7,8)9/h4-5H,2-3,10H2,1H3. The van der Waals surface area contributed by atoms with E-state index in [9.17, 15) is 13.2 Å². The molecule has 0 aliphatic heterocycles. The maximum atomic E-state index is 11.5. The maximum Gasteiger partial charge on any atom is 0.392 e. The highest BCUT2D eigenvalue weighted by Gasteiger charge is 2.26. The Balaban J connectivity index is 3.34. The molecular weight excluding hydrogens is 173 g/mol. The Hall–Kier alpha value is -0.780. The molecule has 3 nitrogen and oxygen atoms in total. The molecule has 0 bridgehead atoms. The molecule has 0 fully saturated rings. The van der Waals surface area contributed by atoms with E-state index in [1.165, 1.54) is 6.21 Å². The zero-order chi connectivity index (χ0) is 9.61. The topological polar surface area (TPSA) is 47.6 Å². The molecule has 6 heteroatoms. The molecule has 0 aromatic rings. The Morgan fingerprint density at radius 3 is 2.58 bits per heavy atom. The summed E-state index contributed by atoms with van der Waals surface area (Å²) in [6.07, 6.45) is -3.95. The van der Waals surface area contributed by atoms with Crippen molar-refractivity contribution >= 4 is 6.21 Å². The van der Waals surface area contributed by atoms with Gasteiger partial charge in [-0.2, -0.15) is 13.2 Å². The van der Waals surface area contributed by atoms with Gasteiger partial charge in [0, 0.05) is 6.04 Å². The largest absolute Gasteiger partial charge is 0.396 e. The van der Waals surface area contributed by atoms with Crippen LogP contribution in [-0.2, 0) is 4.84 Å². The van der Waals surface area contributed by atoms with Crippen LogP contribution in [0, 0.1) is 0 Å². The molecule has 72 valence electrons. The van der Waals surface area contributed by atoms with Gasteiger partial charge in [-0.15, -0.1) is 0 Å². The van der Waals surface area contributed by atoms with E-state index in [0.29, 0.717) is 0 Å². The molecule has 1 atom stereocenters. The van der Waals surface area contributed by atoms with E-state index < -0.39 is 19.2 Å². The van der Waals surface area contributed by atoms with Crippen molar-refractivity contribution in [2.75, 3.05) is 6.61 Å². The van der Waals surface area contributed by atoms with Gasteiger partial charge in [-0.25, -0.2) is 0 Å². The Morgan fingerprint density at radius 2 is 2.17 bits per heavy atom. The second-order valence-electron chi connectivity index (χ2n) is 2.31. The number of nitrogens with zero attached hydrogens (tertiary/aromatic N) is 1. The summed E-state index contributed by atoms with van der Waals surface area (Å²) in [5.41, 5.74) is 5.21. The van der Waals surface area contributed by atoms with Gasteiger partial charge < -0.3 is 10.6 Å². The first-order valence-corrected chi connectivity index (χ1v) is 3.39. The van der Waals surface area contributed by atoms with Crippen molar-refractivity contribution in [3.8, 4) is 0 Å². The van der Waals surface area contributed by atoms with E-state index in [4.69, 9.17) is 5.73 Å². The second-order valence-corrected chi connectivity index (χ2v) is 2.31. The van der Waals surface area contributed by atoms with Gasteiger partial charge in [0.1, 0.15) is 6.61 Å². The molecule has 0 aromatic carbocycles. The lowest BCUT2D eigenvalue weighted by Gasteiger charge is -2.03. The van der Waals surface area contributed by atoms with E-state index in [0.717, 1.165) is 0 Å². The molecule has 0 saturated heterocycles. The quantitative estimate of drug-likeness (QED) is 0.406. The van der Waals surface area contributed by atoms with Crippen LogP contribution in [-0.4, -0.2) is 25.0 Å². The van der Waals surface area contributed by atoms with Gasteiger partial charge in [-0.1, -0.05) is 5.16 Å². The van der Waals surface area contributed by atoms with Crippen molar-refractivity contribution in [2.24, 2.45) is 10.9 Å². The van der Waals surface area contributed by atoms with Gasteiger partial charge in [-0.05, 0) is 6.92 Å². The van der Waals surface area contributed by atoms with Gasteiger partial charge in [0.2, 0.25) is 0 Å². The highest BCUT2D eigenvalue weighted by Crippen LogP contribution is 2.18. The number of hydrogen-bond donors (Lipinski definition) is 1. The second kappa shape index (κ2) is 4.97. The SMILES string of the molecule is CC(N)C=NOCCC(F)(F)F. The fourth-order valence-electron chi connectivity index (χ4n) is 0.353. The monoisotopic (exact) mass is 184 g/mol. The minimum Gasteiger partial charge on any atom is -0.396 e. The van der Waals surface area contributed by atoms with Crippen LogP contribution < -0.4 is 5.73 Å². The van der Waals surface area contributed by atoms with E-state index in [1.54, 1.807) is 6.92 Å². The fraction of sp³-hybridized carbons (Fsp3) is 0.833. The van der Waals surface area contributed by atoms with Crippen molar-refractivity contribution in [3.05, 3.63) is 0 Å². The highest BCUT2D eigenvalue weighted by atomic mass is 19.4. The third kappa shape index (κ3) is 9.22. The smallest absolute Gasteiger partial charge is 0.392 e. The number of hydrogen-bond acceptors (Lipinski definition) is 3. The molecule has 0 aromatic heterocycles. The first-order valence-electron chi connectivity index (χ1n) is 3.39. The van der Waals surface area contributed by atoms with Crippen LogP contribution >= 0.6 is 0 Å². The average molecular weight is 184 g/mol. The fourth-order valence-corrected chi connectivity index (χ4v) is 0.353. The summed E-state index contributed by atoms with van der Waals surface area (Å²) in [6, 6.07) is -0.309. The van der Waals surface area contributed by atoms with Gasteiger partial charge in [0.15, 0.2) is 0 Å². The molecule has 0 aliphatic carbocycles. The van der Waals surface area contributed by atoms with Crippen LogP contribution in [0.5, 0.6) is 0 Å². The zero-order valence-electron chi connectivity index (χ0n) is 6.64.